The molecule has 13 heavy (non-hydrogen) atoms. The molecule has 0 atom stereocenters. The average molecular weight is 207 g/mol. The normalized spacial score (nSPS) is 8.69. The summed E-state index contributed by atoms with van der Waals surface area (Å²) in [5, 5.41) is -0.802. The van der Waals surface area contributed by atoms with Crippen LogP contribution in [-0.4, -0.2) is 5.24 Å². The van der Waals surface area contributed by atoms with Crippen molar-refractivity contribution >= 4 is 16.8 Å². The summed E-state index contributed by atoms with van der Waals surface area (Å²) in [6, 6.07) is 2.73. The molecule has 1 aromatic rings. The number of carbonyl (C=O) groups excluding carboxylic acids is 1. The van der Waals surface area contributed by atoms with E-state index in [2.05, 4.69) is 0 Å². The van der Waals surface area contributed by atoms with Crippen LogP contribution in [0.15, 0.2) is 18.2 Å². The van der Waals surface area contributed by atoms with Crippen LogP contribution in [0.2, 0.25) is 0 Å². The first-order chi connectivity index (χ1) is 6.11. The highest BCUT2D eigenvalue weighted by molar-refractivity contribution is 6.67. The Balaban J connectivity index is 0.000000671. The molecule has 72 valence electrons. The predicted molar refractivity (Wildman–Crippen MR) is 47.9 cm³/mol. The topological polar surface area (TPSA) is 17.1 Å². The fourth-order valence-electron chi connectivity index (χ4n) is 0.618. The molecule has 0 bridgehead atoms. The van der Waals surface area contributed by atoms with E-state index >= 15 is 0 Å². The first-order valence-corrected chi connectivity index (χ1v) is 4.14. The van der Waals surface area contributed by atoms with Crippen molar-refractivity contribution in [3.05, 3.63) is 35.4 Å². The Morgan fingerprint density at radius 1 is 1.23 bits per heavy atom. The van der Waals surface area contributed by atoms with Crippen LogP contribution in [0.1, 0.15) is 24.2 Å². The first kappa shape index (κ1) is 12.0. The van der Waals surface area contributed by atoms with E-state index in [1.54, 1.807) is 0 Å². The smallest absolute Gasteiger partial charge is 0.252 e. The maximum atomic E-state index is 12.4. The molecule has 0 fully saturated rings. The molecule has 0 aromatic heterocycles. The van der Waals surface area contributed by atoms with Crippen LogP contribution in [0.5, 0.6) is 0 Å². The minimum Gasteiger partial charge on any atom is -0.276 e. The zero-order valence-corrected chi connectivity index (χ0v) is 8.03. The summed E-state index contributed by atoms with van der Waals surface area (Å²) in [5.41, 5.74) is -0.0504. The quantitative estimate of drug-likeness (QED) is 0.644. The van der Waals surface area contributed by atoms with Gasteiger partial charge in [0.2, 0.25) is 0 Å². The molecule has 0 unspecified atom stereocenters. The van der Waals surface area contributed by atoms with Crippen molar-refractivity contribution in [3.63, 3.8) is 0 Å². The van der Waals surface area contributed by atoms with E-state index in [4.69, 9.17) is 11.6 Å². The van der Waals surface area contributed by atoms with Gasteiger partial charge in [0.25, 0.3) is 5.24 Å². The third-order valence-electron chi connectivity index (χ3n) is 1.15. The van der Waals surface area contributed by atoms with Crippen molar-refractivity contribution in [1.29, 1.82) is 0 Å². The van der Waals surface area contributed by atoms with Gasteiger partial charge < -0.3 is 0 Å². The molecule has 0 heterocycles. The lowest BCUT2D eigenvalue weighted by molar-refractivity contribution is 0.108. The van der Waals surface area contributed by atoms with Crippen LogP contribution in [0, 0.1) is 11.6 Å². The minimum absolute atomic E-state index is 0.0504. The van der Waals surface area contributed by atoms with Gasteiger partial charge in [-0.15, -0.1) is 0 Å². The van der Waals surface area contributed by atoms with Crippen LogP contribution in [0.4, 0.5) is 8.78 Å². The van der Waals surface area contributed by atoms with E-state index in [9.17, 15) is 13.6 Å². The molecule has 1 aromatic carbocycles. The van der Waals surface area contributed by atoms with Crippen LogP contribution < -0.4 is 0 Å². The van der Waals surface area contributed by atoms with Gasteiger partial charge in [-0.3, -0.25) is 4.79 Å². The van der Waals surface area contributed by atoms with Crippen molar-refractivity contribution in [2.24, 2.45) is 0 Å². The molecule has 0 saturated carbocycles. The zero-order chi connectivity index (χ0) is 10.4. The molecule has 0 saturated heterocycles. The summed E-state index contributed by atoms with van der Waals surface area (Å²) in [5.74, 6) is -2.07. The van der Waals surface area contributed by atoms with Gasteiger partial charge in [0.15, 0.2) is 11.6 Å². The second-order valence-electron chi connectivity index (χ2n) is 1.90. The summed E-state index contributed by atoms with van der Waals surface area (Å²) < 4.78 is 24.6. The molecule has 0 aliphatic rings. The monoisotopic (exact) mass is 206 g/mol. The predicted octanol–water partition coefficient (Wildman–Crippen LogP) is 3.37. The molecule has 0 aliphatic heterocycles. The summed E-state index contributed by atoms with van der Waals surface area (Å²) in [6.45, 7) is 4.00. The summed E-state index contributed by atoms with van der Waals surface area (Å²) in [7, 11) is 0. The Labute approximate surface area is 80.3 Å². The number of rotatable bonds is 1. The highest BCUT2D eigenvalue weighted by Gasteiger charge is 2.06. The summed E-state index contributed by atoms with van der Waals surface area (Å²) >= 11 is 5.00. The maximum Gasteiger partial charge on any atom is 0.252 e. The van der Waals surface area contributed by atoms with Crippen molar-refractivity contribution in [3.8, 4) is 0 Å². The molecule has 0 radical (unpaired) electrons. The van der Waals surface area contributed by atoms with Crippen molar-refractivity contribution < 1.29 is 13.6 Å². The van der Waals surface area contributed by atoms with Crippen LogP contribution in [0.25, 0.3) is 0 Å². The van der Waals surface area contributed by atoms with E-state index in [-0.39, 0.29) is 5.56 Å². The zero-order valence-electron chi connectivity index (χ0n) is 7.27. The van der Waals surface area contributed by atoms with Gasteiger partial charge in [0.1, 0.15) is 0 Å². The van der Waals surface area contributed by atoms with Gasteiger partial charge in [0.05, 0.1) is 0 Å². The second-order valence-corrected chi connectivity index (χ2v) is 2.25. The van der Waals surface area contributed by atoms with Gasteiger partial charge >= 0.3 is 0 Å². The Kier molecular flexibility index (Phi) is 5.23. The van der Waals surface area contributed by atoms with Crippen molar-refractivity contribution in [2.45, 2.75) is 13.8 Å². The van der Waals surface area contributed by atoms with E-state index in [0.717, 1.165) is 18.2 Å². The standard InChI is InChI=1S/C7H3ClF2O.C2H6/c8-7(11)4-1-2-5(9)6(10)3-4;1-2/h1-3H;1-2H3. The van der Waals surface area contributed by atoms with Crippen LogP contribution in [0.3, 0.4) is 0 Å². The van der Waals surface area contributed by atoms with Gasteiger partial charge in [-0.25, -0.2) is 8.78 Å². The van der Waals surface area contributed by atoms with Gasteiger partial charge in [-0.05, 0) is 29.8 Å². The molecule has 0 amide bonds. The molecular weight excluding hydrogens is 198 g/mol. The molecule has 0 aliphatic carbocycles. The third kappa shape index (κ3) is 3.51. The van der Waals surface area contributed by atoms with Crippen LogP contribution >= 0.6 is 11.6 Å². The van der Waals surface area contributed by atoms with Gasteiger partial charge in [0, 0.05) is 5.56 Å². The third-order valence-corrected chi connectivity index (χ3v) is 1.36. The number of halogens is 3. The molecule has 1 rings (SSSR count). The second kappa shape index (κ2) is 5.65. The molecule has 1 nitrogen and oxygen atoms in total. The molecule has 4 heteroatoms. The molecule has 0 N–H and O–H groups in total. The first-order valence-electron chi connectivity index (χ1n) is 3.76. The maximum absolute atomic E-state index is 12.4. The Hall–Kier alpha value is -0.960. The minimum atomic E-state index is -1.07. The van der Waals surface area contributed by atoms with Gasteiger partial charge in [-0.1, -0.05) is 13.8 Å². The average Bonchev–Trinajstić information content (AvgIpc) is 2.13. The van der Waals surface area contributed by atoms with Crippen LogP contribution in [-0.2, 0) is 0 Å². The largest absolute Gasteiger partial charge is 0.276 e. The molecular formula is C9H9ClF2O. The van der Waals surface area contributed by atoms with E-state index < -0.39 is 16.9 Å². The fraction of sp³-hybridized carbons (Fsp3) is 0.222. The van der Waals surface area contributed by atoms with E-state index in [1.165, 1.54) is 0 Å². The van der Waals surface area contributed by atoms with E-state index in [0.29, 0.717) is 0 Å². The highest BCUT2D eigenvalue weighted by Crippen LogP contribution is 2.10. The van der Waals surface area contributed by atoms with Gasteiger partial charge in [-0.2, -0.15) is 0 Å². The number of hydrogen-bond acceptors (Lipinski definition) is 1. The van der Waals surface area contributed by atoms with Crippen molar-refractivity contribution in [1.82, 2.24) is 0 Å². The number of carbonyl (C=O) groups is 1. The summed E-state index contributed by atoms with van der Waals surface area (Å²) in [4.78, 5) is 10.4. The summed E-state index contributed by atoms with van der Waals surface area (Å²) in [6.07, 6.45) is 0. The Bertz CT molecular complexity index is 300. The SMILES string of the molecule is CC.O=C(Cl)c1ccc(F)c(F)c1. The lowest BCUT2D eigenvalue weighted by Gasteiger charge is -1.93. The number of benzene rings is 1. The molecule has 0 spiro atoms. The number of hydrogen-bond donors (Lipinski definition) is 0. The van der Waals surface area contributed by atoms with E-state index in [1.807, 2.05) is 13.8 Å². The lowest BCUT2D eigenvalue weighted by Crippen LogP contribution is -1.91. The fourth-order valence-corrected chi connectivity index (χ4v) is 0.736. The Morgan fingerprint density at radius 2 is 1.77 bits per heavy atom. The lowest BCUT2D eigenvalue weighted by atomic mass is 10.2. The Morgan fingerprint density at radius 3 is 2.15 bits per heavy atom. The van der Waals surface area contributed by atoms with Crippen molar-refractivity contribution in [2.75, 3.05) is 0 Å². The highest BCUT2D eigenvalue weighted by atomic mass is 35.5.